The van der Waals surface area contributed by atoms with E-state index < -0.39 is 0 Å². The highest BCUT2D eigenvalue weighted by atomic mass is 35.5. The summed E-state index contributed by atoms with van der Waals surface area (Å²) in [5.74, 6) is 0.929. The SMILES string of the molecule is Cc1nc(Cl)c2c(n1)nc(N)n2-c1ccccc1C. The maximum Gasteiger partial charge on any atom is 0.207 e. The average molecular weight is 274 g/mol. The van der Waals surface area contributed by atoms with Crippen molar-refractivity contribution in [1.82, 2.24) is 19.5 Å². The molecule has 0 spiro atoms. The van der Waals surface area contributed by atoms with Crippen LogP contribution in [0.1, 0.15) is 11.4 Å². The Hall–Kier alpha value is -2.14. The Kier molecular flexibility index (Phi) is 2.64. The van der Waals surface area contributed by atoms with Crippen molar-refractivity contribution < 1.29 is 0 Å². The van der Waals surface area contributed by atoms with Gasteiger partial charge in [-0.05, 0) is 25.5 Å². The number of imidazole rings is 1. The van der Waals surface area contributed by atoms with Crippen LogP contribution in [-0.4, -0.2) is 19.5 Å². The highest BCUT2D eigenvalue weighted by Gasteiger charge is 2.16. The molecule has 0 radical (unpaired) electrons. The highest BCUT2D eigenvalue weighted by molar-refractivity contribution is 6.33. The molecule has 96 valence electrons. The van der Waals surface area contributed by atoms with Crippen LogP contribution in [-0.2, 0) is 0 Å². The molecule has 0 saturated carbocycles. The van der Waals surface area contributed by atoms with E-state index >= 15 is 0 Å². The van der Waals surface area contributed by atoms with Gasteiger partial charge in [-0.3, -0.25) is 4.57 Å². The summed E-state index contributed by atoms with van der Waals surface area (Å²) < 4.78 is 1.78. The summed E-state index contributed by atoms with van der Waals surface area (Å²) >= 11 is 6.22. The van der Waals surface area contributed by atoms with Gasteiger partial charge in [-0.15, -0.1) is 0 Å². The zero-order chi connectivity index (χ0) is 13.6. The number of halogens is 1. The van der Waals surface area contributed by atoms with Gasteiger partial charge in [0.25, 0.3) is 0 Å². The van der Waals surface area contributed by atoms with Gasteiger partial charge in [-0.1, -0.05) is 29.8 Å². The molecule has 0 amide bonds. The second-order valence-corrected chi connectivity index (χ2v) is 4.68. The van der Waals surface area contributed by atoms with Crippen molar-refractivity contribution in [2.45, 2.75) is 13.8 Å². The molecular weight excluding hydrogens is 262 g/mol. The summed E-state index contributed by atoms with van der Waals surface area (Å²) in [6.07, 6.45) is 0. The fourth-order valence-corrected chi connectivity index (χ4v) is 2.41. The monoisotopic (exact) mass is 273 g/mol. The molecule has 0 bridgehead atoms. The first-order valence-corrected chi connectivity index (χ1v) is 6.20. The Morgan fingerprint density at radius 3 is 2.58 bits per heavy atom. The number of aryl methyl sites for hydroxylation is 2. The Balaban J connectivity index is 2.42. The number of benzene rings is 1. The third-order valence-electron chi connectivity index (χ3n) is 2.96. The fraction of sp³-hybridized carbons (Fsp3) is 0.154. The first kappa shape index (κ1) is 11.9. The smallest absolute Gasteiger partial charge is 0.207 e. The minimum absolute atomic E-state index is 0.353. The lowest BCUT2D eigenvalue weighted by molar-refractivity contribution is 1.06. The van der Waals surface area contributed by atoms with E-state index in [1.807, 2.05) is 31.2 Å². The van der Waals surface area contributed by atoms with Crippen molar-refractivity contribution in [1.29, 1.82) is 0 Å². The van der Waals surface area contributed by atoms with Crippen LogP contribution in [0.25, 0.3) is 16.9 Å². The zero-order valence-corrected chi connectivity index (χ0v) is 11.3. The summed E-state index contributed by atoms with van der Waals surface area (Å²) in [4.78, 5) is 12.7. The predicted octanol–water partition coefficient (Wildman–Crippen LogP) is 2.67. The summed E-state index contributed by atoms with van der Waals surface area (Å²) in [5.41, 5.74) is 9.15. The van der Waals surface area contributed by atoms with E-state index in [0.29, 0.717) is 28.1 Å². The second-order valence-electron chi connectivity index (χ2n) is 4.33. The standard InChI is InChI=1S/C13H12ClN5/c1-7-5-3-4-6-9(7)19-10-11(14)16-8(2)17-12(10)18-13(19)15/h3-6H,1-2H3,(H2,15,16,17,18). The lowest BCUT2D eigenvalue weighted by Gasteiger charge is -2.09. The van der Waals surface area contributed by atoms with E-state index in [1.165, 1.54) is 0 Å². The number of nitrogens with zero attached hydrogens (tertiary/aromatic N) is 4. The lowest BCUT2D eigenvalue weighted by Crippen LogP contribution is -2.03. The number of hydrogen-bond donors (Lipinski definition) is 1. The zero-order valence-electron chi connectivity index (χ0n) is 10.6. The summed E-state index contributed by atoms with van der Waals surface area (Å²) in [6.45, 7) is 3.78. The maximum atomic E-state index is 6.22. The van der Waals surface area contributed by atoms with Crippen LogP contribution in [0.2, 0.25) is 5.15 Å². The molecule has 5 nitrogen and oxygen atoms in total. The number of nitrogens with two attached hydrogens (primary N) is 1. The number of fused-ring (bicyclic) bond motifs is 1. The Bertz CT molecular complexity index is 778. The van der Waals surface area contributed by atoms with Gasteiger partial charge in [0.15, 0.2) is 10.8 Å². The molecule has 2 heterocycles. The molecule has 0 aliphatic rings. The summed E-state index contributed by atoms with van der Waals surface area (Å²) in [5, 5.41) is 0.356. The lowest BCUT2D eigenvalue weighted by atomic mass is 10.2. The van der Waals surface area contributed by atoms with E-state index in [0.717, 1.165) is 11.3 Å². The molecule has 0 unspecified atom stereocenters. The predicted molar refractivity (Wildman–Crippen MR) is 75.6 cm³/mol. The molecule has 0 fully saturated rings. The van der Waals surface area contributed by atoms with Crippen LogP contribution < -0.4 is 5.73 Å². The van der Waals surface area contributed by atoms with Crippen molar-refractivity contribution in [2.75, 3.05) is 5.73 Å². The summed E-state index contributed by atoms with van der Waals surface area (Å²) in [7, 11) is 0. The number of anilines is 1. The minimum atomic E-state index is 0.353. The van der Waals surface area contributed by atoms with Crippen molar-refractivity contribution >= 4 is 28.7 Å². The van der Waals surface area contributed by atoms with Gasteiger partial charge in [0.05, 0.1) is 5.69 Å². The Morgan fingerprint density at radius 2 is 1.84 bits per heavy atom. The topological polar surface area (TPSA) is 69.6 Å². The Morgan fingerprint density at radius 1 is 1.11 bits per heavy atom. The number of aromatic nitrogens is 4. The maximum absolute atomic E-state index is 6.22. The number of hydrogen-bond acceptors (Lipinski definition) is 4. The molecule has 0 aliphatic carbocycles. The average Bonchev–Trinajstić information content (AvgIpc) is 2.66. The molecule has 3 aromatic rings. The van der Waals surface area contributed by atoms with Gasteiger partial charge in [0.1, 0.15) is 11.3 Å². The molecule has 0 aliphatic heterocycles. The molecule has 3 rings (SSSR count). The van der Waals surface area contributed by atoms with E-state index in [2.05, 4.69) is 15.0 Å². The molecule has 6 heteroatoms. The molecular formula is C13H12ClN5. The van der Waals surface area contributed by atoms with Crippen molar-refractivity contribution in [3.63, 3.8) is 0 Å². The van der Waals surface area contributed by atoms with Gasteiger partial charge in [0.2, 0.25) is 5.95 Å². The van der Waals surface area contributed by atoms with Crippen LogP contribution in [0, 0.1) is 13.8 Å². The van der Waals surface area contributed by atoms with Gasteiger partial charge in [0, 0.05) is 0 Å². The van der Waals surface area contributed by atoms with E-state index in [9.17, 15) is 0 Å². The largest absolute Gasteiger partial charge is 0.369 e. The number of para-hydroxylation sites is 1. The van der Waals surface area contributed by atoms with Gasteiger partial charge >= 0.3 is 0 Å². The van der Waals surface area contributed by atoms with Crippen molar-refractivity contribution in [3.05, 3.63) is 40.8 Å². The van der Waals surface area contributed by atoms with Gasteiger partial charge in [-0.25, -0.2) is 9.97 Å². The van der Waals surface area contributed by atoms with E-state index in [1.54, 1.807) is 11.5 Å². The van der Waals surface area contributed by atoms with Crippen molar-refractivity contribution in [2.24, 2.45) is 0 Å². The number of rotatable bonds is 1. The van der Waals surface area contributed by atoms with Crippen LogP contribution in [0.3, 0.4) is 0 Å². The van der Waals surface area contributed by atoms with Gasteiger partial charge in [-0.2, -0.15) is 4.98 Å². The van der Waals surface area contributed by atoms with Crippen LogP contribution >= 0.6 is 11.6 Å². The van der Waals surface area contributed by atoms with Crippen LogP contribution in [0.15, 0.2) is 24.3 Å². The molecule has 2 aromatic heterocycles. The molecule has 0 saturated heterocycles. The quantitative estimate of drug-likeness (QED) is 0.692. The molecule has 0 atom stereocenters. The second kappa shape index (κ2) is 4.20. The minimum Gasteiger partial charge on any atom is -0.369 e. The van der Waals surface area contributed by atoms with E-state index in [-0.39, 0.29) is 0 Å². The molecule has 19 heavy (non-hydrogen) atoms. The highest BCUT2D eigenvalue weighted by Crippen LogP contribution is 2.28. The van der Waals surface area contributed by atoms with Crippen molar-refractivity contribution in [3.8, 4) is 5.69 Å². The fourth-order valence-electron chi connectivity index (χ4n) is 2.12. The molecule has 2 N–H and O–H groups in total. The van der Waals surface area contributed by atoms with Crippen LogP contribution in [0.4, 0.5) is 5.95 Å². The first-order valence-electron chi connectivity index (χ1n) is 5.82. The third kappa shape index (κ3) is 1.82. The normalized spacial score (nSPS) is 11.1. The van der Waals surface area contributed by atoms with Gasteiger partial charge < -0.3 is 5.73 Å². The van der Waals surface area contributed by atoms with Crippen LogP contribution in [0.5, 0.6) is 0 Å². The molecule has 1 aromatic carbocycles. The van der Waals surface area contributed by atoms with E-state index in [4.69, 9.17) is 17.3 Å². The summed E-state index contributed by atoms with van der Waals surface area (Å²) in [6, 6.07) is 7.87. The first-order chi connectivity index (χ1) is 9.08. The number of nitrogen functional groups attached to an aromatic ring is 1. The third-order valence-corrected chi connectivity index (χ3v) is 3.23. The Labute approximate surface area is 115 Å².